The normalized spacial score (nSPS) is 12.2. The molecule has 106 valence electrons. The van der Waals surface area contributed by atoms with Crippen LogP contribution in [0.15, 0.2) is 35.7 Å². The van der Waals surface area contributed by atoms with Crippen LogP contribution < -0.4 is 5.73 Å². The van der Waals surface area contributed by atoms with Crippen molar-refractivity contribution in [3.05, 3.63) is 52.0 Å². The lowest BCUT2D eigenvalue weighted by atomic mass is 10.1. The molecule has 3 nitrogen and oxygen atoms in total. The van der Waals surface area contributed by atoms with Gasteiger partial charge in [-0.3, -0.25) is 4.79 Å². The topological polar surface area (TPSA) is 46.3 Å². The molecule has 1 amide bonds. The number of nitrogens with two attached hydrogens (primary N) is 1. The number of likely N-dealkylation sites (N-methyl/N-ethyl adjacent to an activating group) is 1. The van der Waals surface area contributed by atoms with Crippen LogP contribution in [0, 0.1) is 5.82 Å². The number of carbonyl (C=O) groups excluding carboxylic acids is 1. The quantitative estimate of drug-likeness (QED) is 0.880. The van der Waals surface area contributed by atoms with Crippen molar-refractivity contribution >= 4 is 22.9 Å². The maximum absolute atomic E-state index is 13.1. The van der Waals surface area contributed by atoms with Crippen molar-refractivity contribution in [1.29, 1.82) is 0 Å². The SMILES string of the molecule is CC(Cc1cccs1)N(C)C(=O)c1ccc(F)c(N)c1. The highest BCUT2D eigenvalue weighted by Crippen LogP contribution is 2.17. The van der Waals surface area contributed by atoms with Gasteiger partial charge < -0.3 is 10.6 Å². The first-order valence-electron chi connectivity index (χ1n) is 6.33. The molecule has 2 aromatic rings. The van der Waals surface area contributed by atoms with Crippen LogP contribution in [0.1, 0.15) is 22.2 Å². The van der Waals surface area contributed by atoms with Gasteiger partial charge in [0.05, 0.1) is 5.69 Å². The molecule has 0 fully saturated rings. The van der Waals surface area contributed by atoms with Gasteiger partial charge in [-0.25, -0.2) is 4.39 Å². The molecule has 1 aromatic carbocycles. The minimum atomic E-state index is -0.504. The molecule has 1 aromatic heterocycles. The van der Waals surface area contributed by atoms with E-state index in [2.05, 4.69) is 6.07 Å². The van der Waals surface area contributed by atoms with Crippen LogP contribution >= 0.6 is 11.3 Å². The fourth-order valence-electron chi connectivity index (χ4n) is 1.94. The second kappa shape index (κ2) is 6.05. The number of amides is 1. The molecule has 5 heteroatoms. The minimum absolute atomic E-state index is 0.00448. The summed E-state index contributed by atoms with van der Waals surface area (Å²) in [6, 6.07) is 8.17. The molecule has 1 unspecified atom stereocenters. The number of thiophene rings is 1. The number of anilines is 1. The van der Waals surface area contributed by atoms with Gasteiger partial charge in [-0.1, -0.05) is 6.07 Å². The van der Waals surface area contributed by atoms with E-state index in [1.165, 1.54) is 23.1 Å². The number of hydrogen-bond donors (Lipinski definition) is 1. The van der Waals surface area contributed by atoms with Crippen LogP contribution in [0.2, 0.25) is 0 Å². The number of carbonyl (C=O) groups is 1. The van der Waals surface area contributed by atoms with E-state index in [0.717, 1.165) is 6.42 Å². The molecular weight excluding hydrogens is 275 g/mol. The van der Waals surface area contributed by atoms with Crippen molar-refractivity contribution in [2.75, 3.05) is 12.8 Å². The van der Waals surface area contributed by atoms with E-state index in [1.807, 2.05) is 18.4 Å². The van der Waals surface area contributed by atoms with Gasteiger partial charge in [-0.15, -0.1) is 11.3 Å². The summed E-state index contributed by atoms with van der Waals surface area (Å²) in [7, 11) is 1.75. The molecule has 1 atom stereocenters. The molecule has 0 aliphatic rings. The Morgan fingerprint density at radius 1 is 1.45 bits per heavy atom. The fraction of sp³-hybridized carbons (Fsp3) is 0.267. The van der Waals surface area contributed by atoms with Crippen molar-refractivity contribution in [3.63, 3.8) is 0 Å². The third-order valence-corrected chi connectivity index (χ3v) is 4.20. The van der Waals surface area contributed by atoms with E-state index in [-0.39, 0.29) is 17.6 Å². The number of nitrogen functional groups attached to an aromatic ring is 1. The van der Waals surface area contributed by atoms with Gasteiger partial charge in [-0.2, -0.15) is 0 Å². The third-order valence-electron chi connectivity index (χ3n) is 3.30. The smallest absolute Gasteiger partial charge is 0.253 e. The zero-order valence-electron chi connectivity index (χ0n) is 11.5. The van der Waals surface area contributed by atoms with E-state index in [1.54, 1.807) is 23.3 Å². The first-order chi connectivity index (χ1) is 9.49. The van der Waals surface area contributed by atoms with E-state index >= 15 is 0 Å². The van der Waals surface area contributed by atoms with Crippen LogP contribution in [0.25, 0.3) is 0 Å². The number of benzene rings is 1. The molecule has 2 rings (SSSR count). The highest BCUT2D eigenvalue weighted by molar-refractivity contribution is 7.09. The lowest BCUT2D eigenvalue weighted by Crippen LogP contribution is -2.36. The van der Waals surface area contributed by atoms with Crippen LogP contribution in [-0.4, -0.2) is 23.9 Å². The van der Waals surface area contributed by atoms with E-state index in [4.69, 9.17) is 5.73 Å². The molecule has 2 N–H and O–H groups in total. The summed E-state index contributed by atoms with van der Waals surface area (Å²) in [5, 5.41) is 2.02. The van der Waals surface area contributed by atoms with Crippen molar-refractivity contribution in [2.24, 2.45) is 0 Å². The number of halogens is 1. The number of rotatable bonds is 4. The highest BCUT2D eigenvalue weighted by atomic mass is 32.1. The van der Waals surface area contributed by atoms with Gasteiger partial charge in [0, 0.05) is 30.0 Å². The summed E-state index contributed by atoms with van der Waals surface area (Å²) in [6.07, 6.45) is 0.802. The Labute approximate surface area is 121 Å². The maximum Gasteiger partial charge on any atom is 0.253 e. The molecule has 0 bridgehead atoms. The van der Waals surface area contributed by atoms with Gasteiger partial charge in [0.1, 0.15) is 5.82 Å². The summed E-state index contributed by atoms with van der Waals surface area (Å²) in [6.45, 7) is 1.99. The Kier molecular flexibility index (Phi) is 4.39. The van der Waals surface area contributed by atoms with E-state index < -0.39 is 5.82 Å². The Morgan fingerprint density at radius 2 is 2.20 bits per heavy atom. The Balaban J connectivity index is 2.09. The molecule has 0 saturated heterocycles. The van der Waals surface area contributed by atoms with Crippen molar-refractivity contribution < 1.29 is 9.18 Å². The van der Waals surface area contributed by atoms with Crippen LogP contribution in [0.5, 0.6) is 0 Å². The molecule has 0 saturated carbocycles. The van der Waals surface area contributed by atoms with Crippen molar-refractivity contribution in [3.8, 4) is 0 Å². The molecule has 0 aliphatic heterocycles. The lowest BCUT2D eigenvalue weighted by Gasteiger charge is -2.24. The lowest BCUT2D eigenvalue weighted by molar-refractivity contribution is 0.0744. The standard InChI is InChI=1S/C15H17FN2OS/c1-10(8-12-4-3-7-20-12)18(2)15(19)11-5-6-13(16)14(17)9-11/h3-7,9-10H,8,17H2,1-2H3. The Bertz CT molecular complexity index is 598. The second-order valence-corrected chi connectivity index (χ2v) is 5.82. The maximum atomic E-state index is 13.1. The van der Waals surface area contributed by atoms with Gasteiger partial charge in [0.25, 0.3) is 5.91 Å². The first kappa shape index (κ1) is 14.5. The zero-order valence-corrected chi connectivity index (χ0v) is 12.3. The molecule has 0 spiro atoms. The number of hydrogen-bond acceptors (Lipinski definition) is 3. The Hall–Kier alpha value is -1.88. The molecule has 0 radical (unpaired) electrons. The zero-order chi connectivity index (χ0) is 14.7. The summed E-state index contributed by atoms with van der Waals surface area (Å²) in [5.74, 6) is -0.656. The molecular formula is C15H17FN2OS. The molecule has 1 heterocycles. The summed E-state index contributed by atoms with van der Waals surface area (Å²) >= 11 is 1.67. The van der Waals surface area contributed by atoms with Gasteiger partial charge >= 0.3 is 0 Å². The second-order valence-electron chi connectivity index (χ2n) is 4.78. The van der Waals surface area contributed by atoms with Crippen LogP contribution in [0.4, 0.5) is 10.1 Å². The van der Waals surface area contributed by atoms with Gasteiger partial charge in [-0.05, 0) is 36.6 Å². The summed E-state index contributed by atoms with van der Waals surface area (Å²) in [4.78, 5) is 15.2. The van der Waals surface area contributed by atoms with E-state index in [0.29, 0.717) is 5.56 Å². The monoisotopic (exact) mass is 292 g/mol. The van der Waals surface area contributed by atoms with Crippen molar-refractivity contribution in [1.82, 2.24) is 4.90 Å². The minimum Gasteiger partial charge on any atom is -0.396 e. The first-order valence-corrected chi connectivity index (χ1v) is 7.21. The largest absolute Gasteiger partial charge is 0.396 e. The average Bonchev–Trinajstić information content (AvgIpc) is 2.93. The predicted octanol–water partition coefficient (Wildman–Crippen LogP) is 3.17. The predicted molar refractivity (Wildman–Crippen MR) is 80.4 cm³/mol. The van der Waals surface area contributed by atoms with Crippen LogP contribution in [-0.2, 0) is 6.42 Å². The fourth-order valence-corrected chi connectivity index (χ4v) is 2.76. The Morgan fingerprint density at radius 3 is 2.80 bits per heavy atom. The summed E-state index contributed by atoms with van der Waals surface area (Å²) < 4.78 is 13.1. The van der Waals surface area contributed by atoms with Gasteiger partial charge in [0.2, 0.25) is 0 Å². The molecule has 20 heavy (non-hydrogen) atoms. The van der Waals surface area contributed by atoms with E-state index in [9.17, 15) is 9.18 Å². The summed E-state index contributed by atoms with van der Waals surface area (Å²) in [5.41, 5.74) is 5.90. The average molecular weight is 292 g/mol. The number of nitrogens with zero attached hydrogens (tertiary/aromatic N) is 1. The van der Waals surface area contributed by atoms with Crippen molar-refractivity contribution in [2.45, 2.75) is 19.4 Å². The van der Waals surface area contributed by atoms with Crippen LogP contribution in [0.3, 0.4) is 0 Å². The molecule has 0 aliphatic carbocycles. The van der Waals surface area contributed by atoms with Gasteiger partial charge in [0.15, 0.2) is 0 Å². The highest BCUT2D eigenvalue weighted by Gasteiger charge is 2.18. The third kappa shape index (κ3) is 3.17.